The number of aliphatic hydroxyl groups is 1. The lowest BCUT2D eigenvalue weighted by atomic mass is 9.77. The molecule has 0 aliphatic heterocycles. The van der Waals surface area contributed by atoms with Crippen LogP contribution in [0.1, 0.15) is 41.5 Å². The average molecular weight is 204 g/mol. The normalized spacial score (nSPS) is 25.1. The van der Waals surface area contributed by atoms with Gasteiger partial charge in [-0.15, -0.1) is 0 Å². The maximum Gasteiger partial charge on any atom is 0.0462 e. The van der Waals surface area contributed by atoms with Crippen LogP contribution >= 0.6 is 0 Å². The molecule has 2 atom stereocenters. The second-order valence-corrected chi connectivity index (χ2v) is 5.02. The van der Waals surface area contributed by atoms with E-state index in [4.69, 9.17) is 0 Å². The number of rotatable bonds is 1. The van der Waals surface area contributed by atoms with Crippen LogP contribution in [-0.2, 0) is 6.42 Å². The summed E-state index contributed by atoms with van der Waals surface area (Å²) >= 11 is 0. The van der Waals surface area contributed by atoms with Gasteiger partial charge in [0.05, 0.1) is 0 Å². The fourth-order valence-corrected chi connectivity index (χ4v) is 2.69. The minimum absolute atomic E-state index is 0.330. The molecule has 2 rings (SSSR count). The van der Waals surface area contributed by atoms with Crippen molar-refractivity contribution in [1.82, 2.24) is 0 Å². The van der Waals surface area contributed by atoms with Gasteiger partial charge in [-0.1, -0.05) is 19.1 Å². The van der Waals surface area contributed by atoms with Gasteiger partial charge in [-0.25, -0.2) is 0 Å². The van der Waals surface area contributed by atoms with Crippen molar-refractivity contribution in [2.45, 2.75) is 39.5 Å². The minimum atomic E-state index is 0.330. The number of aliphatic hydroxyl groups excluding tert-OH is 1. The Morgan fingerprint density at radius 2 is 1.93 bits per heavy atom. The van der Waals surface area contributed by atoms with E-state index >= 15 is 0 Å². The van der Waals surface area contributed by atoms with Crippen molar-refractivity contribution in [3.63, 3.8) is 0 Å². The van der Waals surface area contributed by atoms with Gasteiger partial charge in [0.2, 0.25) is 0 Å². The summed E-state index contributed by atoms with van der Waals surface area (Å²) < 4.78 is 0. The van der Waals surface area contributed by atoms with Gasteiger partial charge in [0, 0.05) is 6.61 Å². The molecule has 0 saturated carbocycles. The van der Waals surface area contributed by atoms with E-state index in [-0.39, 0.29) is 0 Å². The molecule has 0 amide bonds. The number of hydrogen-bond donors (Lipinski definition) is 1. The summed E-state index contributed by atoms with van der Waals surface area (Å²) in [7, 11) is 0. The summed E-state index contributed by atoms with van der Waals surface area (Å²) in [5.41, 5.74) is 5.72. The van der Waals surface area contributed by atoms with E-state index in [1.54, 1.807) is 0 Å². The van der Waals surface area contributed by atoms with Crippen LogP contribution in [0.2, 0.25) is 0 Å². The van der Waals surface area contributed by atoms with Gasteiger partial charge in [0.15, 0.2) is 0 Å². The van der Waals surface area contributed by atoms with Gasteiger partial charge in [-0.05, 0) is 60.8 Å². The molecule has 1 nitrogen and oxygen atoms in total. The second kappa shape index (κ2) is 3.97. The van der Waals surface area contributed by atoms with Crippen LogP contribution in [0.15, 0.2) is 12.1 Å². The topological polar surface area (TPSA) is 20.2 Å². The average Bonchev–Trinajstić information content (AvgIpc) is 2.21. The van der Waals surface area contributed by atoms with Crippen LogP contribution in [0.25, 0.3) is 0 Å². The van der Waals surface area contributed by atoms with Crippen LogP contribution < -0.4 is 0 Å². The molecule has 1 aliphatic carbocycles. The number of benzene rings is 1. The van der Waals surface area contributed by atoms with Crippen LogP contribution in [0, 0.1) is 19.8 Å². The van der Waals surface area contributed by atoms with Gasteiger partial charge in [-0.2, -0.15) is 0 Å². The first kappa shape index (κ1) is 10.7. The number of fused-ring (bicyclic) bond motifs is 1. The molecule has 0 fully saturated rings. The number of aryl methyl sites for hydroxylation is 2. The molecule has 0 heterocycles. The first-order valence-electron chi connectivity index (χ1n) is 5.82. The van der Waals surface area contributed by atoms with Crippen LogP contribution in [0.5, 0.6) is 0 Å². The maximum absolute atomic E-state index is 9.26. The molecule has 1 aromatic carbocycles. The van der Waals surface area contributed by atoms with Crippen LogP contribution in [0.3, 0.4) is 0 Å². The summed E-state index contributed by atoms with van der Waals surface area (Å²) in [5, 5.41) is 9.26. The Balaban J connectivity index is 2.41. The highest BCUT2D eigenvalue weighted by Crippen LogP contribution is 2.35. The fourth-order valence-electron chi connectivity index (χ4n) is 2.69. The molecule has 0 aromatic heterocycles. The van der Waals surface area contributed by atoms with E-state index in [1.807, 2.05) is 0 Å². The standard InChI is InChI=1S/C14H20O/c1-9-5-13-7-12(8-15)4-11(3)14(13)6-10(9)2/h5-6,11-12,15H,4,7-8H2,1-3H3. The van der Waals surface area contributed by atoms with E-state index in [2.05, 4.69) is 32.9 Å². The summed E-state index contributed by atoms with van der Waals surface area (Å²) in [4.78, 5) is 0. The highest BCUT2D eigenvalue weighted by Gasteiger charge is 2.23. The Hall–Kier alpha value is -0.820. The van der Waals surface area contributed by atoms with Crippen LogP contribution in [-0.4, -0.2) is 11.7 Å². The van der Waals surface area contributed by atoms with Crippen LogP contribution in [0.4, 0.5) is 0 Å². The third-order valence-corrected chi connectivity index (χ3v) is 3.74. The van der Waals surface area contributed by atoms with Crippen molar-refractivity contribution in [2.24, 2.45) is 5.92 Å². The summed E-state index contributed by atoms with van der Waals surface area (Å²) in [6.45, 7) is 6.95. The predicted molar refractivity (Wildman–Crippen MR) is 63.2 cm³/mol. The fraction of sp³-hybridized carbons (Fsp3) is 0.571. The smallest absolute Gasteiger partial charge is 0.0462 e. The molecular formula is C14H20O. The summed E-state index contributed by atoms with van der Waals surface area (Å²) in [6, 6.07) is 4.64. The molecule has 0 saturated heterocycles. The lowest BCUT2D eigenvalue weighted by Crippen LogP contribution is -2.20. The van der Waals surface area contributed by atoms with Crippen molar-refractivity contribution in [3.8, 4) is 0 Å². The molecule has 1 N–H and O–H groups in total. The van der Waals surface area contributed by atoms with Gasteiger partial charge < -0.3 is 5.11 Å². The molecule has 1 heteroatoms. The Kier molecular flexibility index (Phi) is 2.83. The zero-order valence-corrected chi connectivity index (χ0v) is 9.88. The molecule has 82 valence electrons. The lowest BCUT2D eigenvalue weighted by molar-refractivity contribution is 0.206. The molecule has 1 aliphatic rings. The third-order valence-electron chi connectivity index (χ3n) is 3.74. The van der Waals surface area contributed by atoms with E-state index in [9.17, 15) is 5.11 Å². The van der Waals surface area contributed by atoms with Gasteiger partial charge in [-0.3, -0.25) is 0 Å². The molecular weight excluding hydrogens is 184 g/mol. The molecule has 0 spiro atoms. The van der Waals surface area contributed by atoms with Crippen molar-refractivity contribution in [3.05, 3.63) is 34.4 Å². The quantitative estimate of drug-likeness (QED) is 0.745. The largest absolute Gasteiger partial charge is 0.396 e. The first-order chi connectivity index (χ1) is 7.11. The van der Waals surface area contributed by atoms with Crippen molar-refractivity contribution in [2.75, 3.05) is 6.61 Å². The maximum atomic E-state index is 9.26. The van der Waals surface area contributed by atoms with E-state index in [0.717, 1.165) is 12.8 Å². The van der Waals surface area contributed by atoms with E-state index in [0.29, 0.717) is 18.4 Å². The molecule has 15 heavy (non-hydrogen) atoms. The van der Waals surface area contributed by atoms with E-state index < -0.39 is 0 Å². The van der Waals surface area contributed by atoms with Gasteiger partial charge >= 0.3 is 0 Å². The van der Waals surface area contributed by atoms with Gasteiger partial charge in [0.1, 0.15) is 0 Å². The third kappa shape index (κ3) is 1.93. The van der Waals surface area contributed by atoms with Crippen molar-refractivity contribution < 1.29 is 5.11 Å². The van der Waals surface area contributed by atoms with Gasteiger partial charge in [0.25, 0.3) is 0 Å². The summed E-state index contributed by atoms with van der Waals surface area (Å²) in [5.74, 6) is 1.07. The first-order valence-corrected chi connectivity index (χ1v) is 5.82. The van der Waals surface area contributed by atoms with E-state index in [1.165, 1.54) is 22.3 Å². The monoisotopic (exact) mass is 204 g/mol. The second-order valence-electron chi connectivity index (χ2n) is 5.02. The molecule has 0 radical (unpaired) electrons. The van der Waals surface area contributed by atoms with Crippen molar-refractivity contribution >= 4 is 0 Å². The van der Waals surface area contributed by atoms with Crippen molar-refractivity contribution in [1.29, 1.82) is 0 Å². The molecule has 0 bridgehead atoms. The number of hydrogen-bond acceptors (Lipinski definition) is 1. The Labute approximate surface area is 92.1 Å². The predicted octanol–water partition coefficient (Wildman–Crippen LogP) is 2.96. The zero-order valence-electron chi connectivity index (χ0n) is 9.88. The Morgan fingerprint density at radius 3 is 2.60 bits per heavy atom. The highest BCUT2D eigenvalue weighted by atomic mass is 16.3. The zero-order chi connectivity index (χ0) is 11.0. The highest BCUT2D eigenvalue weighted by molar-refractivity contribution is 5.40. The Bertz CT molecular complexity index is 368. The minimum Gasteiger partial charge on any atom is -0.396 e. The Morgan fingerprint density at radius 1 is 1.27 bits per heavy atom. The molecule has 2 unspecified atom stereocenters. The lowest BCUT2D eigenvalue weighted by Gasteiger charge is -2.29. The molecule has 1 aromatic rings. The summed E-state index contributed by atoms with van der Waals surface area (Å²) in [6.07, 6.45) is 2.18. The SMILES string of the molecule is Cc1cc2c(cc1C)C(C)CC(CO)C2.